The molecule has 3 unspecified atom stereocenters. The van der Waals surface area contributed by atoms with Crippen molar-refractivity contribution in [1.29, 1.82) is 0 Å². The number of rotatable bonds is 4. The Balaban J connectivity index is 0.00000264. The van der Waals surface area contributed by atoms with E-state index < -0.39 is 0 Å². The number of halogens is 1. The van der Waals surface area contributed by atoms with Gasteiger partial charge in [-0.2, -0.15) is 0 Å². The zero-order valence-electron chi connectivity index (χ0n) is 15.3. The Morgan fingerprint density at radius 1 is 1.22 bits per heavy atom. The van der Waals surface area contributed by atoms with Gasteiger partial charge in [0.2, 0.25) is 0 Å². The highest BCUT2D eigenvalue weighted by Gasteiger charge is 2.23. The van der Waals surface area contributed by atoms with Crippen molar-refractivity contribution in [3.05, 3.63) is 0 Å². The molecule has 2 fully saturated rings. The number of likely N-dealkylation sites (N-methyl/N-ethyl adjacent to an activating group) is 2. The first kappa shape index (κ1) is 21.0. The van der Waals surface area contributed by atoms with Gasteiger partial charge in [-0.15, -0.1) is 24.0 Å². The summed E-state index contributed by atoms with van der Waals surface area (Å²) in [5, 5.41) is 7.08. The highest BCUT2D eigenvalue weighted by molar-refractivity contribution is 14.0. The van der Waals surface area contributed by atoms with Gasteiger partial charge in [-0.05, 0) is 39.8 Å². The van der Waals surface area contributed by atoms with Crippen LogP contribution in [0.2, 0.25) is 0 Å². The molecule has 2 aliphatic rings. The third-order valence-electron chi connectivity index (χ3n) is 5.06. The van der Waals surface area contributed by atoms with Crippen molar-refractivity contribution < 1.29 is 0 Å². The van der Waals surface area contributed by atoms with E-state index in [-0.39, 0.29) is 24.0 Å². The van der Waals surface area contributed by atoms with Gasteiger partial charge in [0.05, 0.1) is 6.54 Å². The summed E-state index contributed by atoms with van der Waals surface area (Å²) < 4.78 is 0. The molecule has 0 aromatic carbocycles. The quantitative estimate of drug-likeness (QED) is 0.401. The lowest BCUT2D eigenvalue weighted by Crippen LogP contribution is -2.52. The molecule has 6 heteroatoms. The van der Waals surface area contributed by atoms with Crippen molar-refractivity contribution in [2.24, 2.45) is 10.9 Å². The van der Waals surface area contributed by atoms with E-state index in [2.05, 4.69) is 48.4 Å². The van der Waals surface area contributed by atoms with Crippen LogP contribution in [-0.4, -0.2) is 74.7 Å². The number of aliphatic imine (C=N–C) groups is 1. The second-order valence-electron chi connectivity index (χ2n) is 7.23. The minimum Gasteiger partial charge on any atom is -0.357 e. The third kappa shape index (κ3) is 7.13. The molecule has 1 saturated heterocycles. The maximum atomic E-state index is 4.87. The van der Waals surface area contributed by atoms with E-state index in [1.165, 1.54) is 25.7 Å². The van der Waals surface area contributed by atoms with Crippen LogP contribution in [0.1, 0.15) is 39.5 Å². The second kappa shape index (κ2) is 10.7. The van der Waals surface area contributed by atoms with Crippen molar-refractivity contribution in [3.8, 4) is 0 Å². The molecule has 136 valence electrons. The lowest BCUT2D eigenvalue weighted by molar-refractivity contribution is 0.119. The molecular formula is C17H36IN5. The highest BCUT2D eigenvalue weighted by atomic mass is 127. The normalized spacial score (nSPS) is 30.6. The van der Waals surface area contributed by atoms with Gasteiger partial charge >= 0.3 is 0 Å². The molecule has 0 aromatic rings. The molecule has 0 aromatic heterocycles. The predicted octanol–water partition coefficient (Wildman–Crippen LogP) is 1.98. The standard InChI is InChI=1S/C17H35N5.HI/c1-5-18-17(20-15-8-6-7-14(2)11-15)19-12-16-13-21(3)9-10-22(16)4;/h14-16H,5-13H2,1-4H3,(H2,18,19,20);1H. The van der Waals surface area contributed by atoms with Crippen LogP contribution < -0.4 is 10.6 Å². The van der Waals surface area contributed by atoms with Crippen LogP contribution >= 0.6 is 24.0 Å². The van der Waals surface area contributed by atoms with Crippen LogP contribution in [0.3, 0.4) is 0 Å². The average molecular weight is 437 g/mol. The van der Waals surface area contributed by atoms with Crippen LogP contribution in [0.4, 0.5) is 0 Å². The average Bonchev–Trinajstić information content (AvgIpc) is 2.48. The lowest BCUT2D eigenvalue weighted by Gasteiger charge is -2.37. The molecule has 3 atom stereocenters. The monoisotopic (exact) mass is 437 g/mol. The van der Waals surface area contributed by atoms with Gasteiger partial charge < -0.3 is 15.5 Å². The van der Waals surface area contributed by atoms with Crippen LogP contribution in [0.5, 0.6) is 0 Å². The SMILES string of the molecule is CCNC(=NCC1CN(C)CCN1C)NC1CCCC(C)C1.I. The van der Waals surface area contributed by atoms with Crippen molar-refractivity contribution >= 4 is 29.9 Å². The zero-order valence-corrected chi connectivity index (χ0v) is 17.7. The summed E-state index contributed by atoms with van der Waals surface area (Å²) in [6, 6.07) is 1.12. The Bertz CT molecular complexity index is 363. The van der Waals surface area contributed by atoms with E-state index in [9.17, 15) is 0 Å². The van der Waals surface area contributed by atoms with E-state index in [1.54, 1.807) is 0 Å². The molecule has 1 saturated carbocycles. The van der Waals surface area contributed by atoms with E-state index >= 15 is 0 Å². The van der Waals surface area contributed by atoms with Gasteiger partial charge in [0.15, 0.2) is 5.96 Å². The molecule has 0 radical (unpaired) electrons. The fourth-order valence-corrected chi connectivity index (χ4v) is 3.57. The maximum absolute atomic E-state index is 4.87. The third-order valence-corrected chi connectivity index (χ3v) is 5.06. The van der Waals surface area contributed by atoms with Gasteiger partial charge in [-0.3, -0.25) is 9.89 Å². The van der Waals surface area contributed by atoms with E-state index in [0.29, 0.717) is 12.1 Å². The molecule has 2 N–H and O–H groups in total. The number of nitrogens with one attached hydrogen (secondary N) is 2. The van der Waals surface area contributed by atoms with Gasteiger partial charge in [0.25, 0.3) is 0 Å². The first-order valence-electron chi connectivity index (χ1n) is 9.02. The molecule has 2 rings (SSSR count). The molecule has 0 amide bonds. The molecule has 1 heterocycles. The summed E-state index contributed by atoms with van der Waals surface area (Å²) in [5.41, 5.74) is 0. The summed E-state index contributed by atoms with van der Waals surface area (Å²) in [5.74, 6) is 1.84. The molecule has 0 bridgehead atoms. The molecular weight excluding hydrogens is 401 g/mol. The van der Waals surface area contributed by atoms with Crippen molar-refractivity contribution in [3.63, 3.8) is 0 Å². The Morgan fingerprint density at radius 2 is 2.00 bits per heavy atom. The van der Waals surface area contributed by atoms with Gasteiger partial charge in [0, 0.05) is 38.3 Å². The van der Waals surface area contributed by atoms with E-state index in [1.807, 2.05) is 0 Å². The van der Waals surface area contributed by atoms with Crippen LogP contribution in [-0.2, 0) is 0 Å². The van der Waals surface area contributed by atoms with Gasteiger partial charge in [0.1, 0.15) is 0 Å². The maximum Gasteiger partial charge on any atom is 0.191 e. The van der Waals surface area contributed by atoms with E-state index in [0.717, 1.165) is 44.6 Å². The lowest BCUT2D eigenvalue weighted by atomic mass is 9.87. The fourth-order valence-electron chi connectivity index (χ4n) is 3.57. The zero-order chi connectivity index (χ0) is 15.9. The second-order valence-corrected chi connectivity index (χ2v) is 7.23. The van der Waals surface area contributed by atoms with E-state index in [4.69, 9.17) is 4.99 Å². The Hall–Kier alpha value is -0.0800. The number of piperazine rings is 1. The summed E-state index contributed by atoms with van der Waals surface area (Å²) in [6.07, 6.45) is 5.27. The topological polar surface area (TPSA) is 42.9 Å². The molecule has 23 heavy (non-hydrogen) atoms. The summed E-state index contributed by atoms with van der Waals surface area (Å²) in [6.45, 7) is 9.72. The summed E-state index contributed by atoms with van der Waals surface area (Å²) >= 11 is 0. The number of guanidine groups is 1. The largest absolute Gasteiger partial charge is 0.357 e. The molecule has 1 aliphatic heterocycles. The predicted molar refractivity (Wildman–Crippen MR) is 110 cm³/mol. The minimum absolute atomic E-state index is 0. The first-order chi connectivity index (χ1) is 10.6. The number of nitrogens with zero attached hydrogens (tertiary/aromatic N) is 3. The first-order valence-corrected chi connectivity index (χ1v) is 9.02. The molecule has 1 aliphatic carbocycles. The minimum atomic E-state index is 0. The fraction of sp³-hybridized carbons (Fsp3) is 0.941. The summed E-state index contributed by atoms with van der Waals surface area (Å²) in [7, 11) is 4.42. The Labute approximate surface area is 159 Å². The van der Waals surface area contributed by atoms with Crippen molar-refractivity contribution in [2.45, 2.75) is 51.6 Å². The van der Waals surface area contributed by atoms with Crippen molar-refractivity contribution in [1.82, 2.24) is 20.4 Å². The van der Waals surface area contributed by atoms with Gasteiger partial charge in [-0.25, -0.2) is 0 Å². The van der Waals surface area contributed by atoms with Crippen LogP contribution in [0, 0.1) is 5.92 Å². The Kier molecular flexibility index (Phi) is 9.77. The summed E-state index contributed by atoms with van der Waals surface area (Å²) in [4.78, 5) is 9.71. The van der Waals surface area contributed by atoms with Gasteiger partial charge in [-0.1, -0.05) is 19.8 Å². The number of hydrogen-bond acceptors (Lipinski definition) is 3. The smallest absolute Gasteiger partial charge is 0.191 e. The van der Waals surface area contributed by atoms with Crippen LogP contribution in [0.15, 0.2) is 4.99 Å². The highest BCUT2D eigenvalue weighted by Crippen LogP contribution is 2.23. The molecule has 0 spiro atoms. The Morgan fingerprint density at radius 3 is 2.70 bits per heavy atom. The van der Waals surface area contributed by atoms with Crippen LogP contribution in [0.25, 0.3) is 0 Å². The number of hydrogen-bond donors (Lipinski definition) is 2. The van der Waals surface area contributed by atoms with Crippen molar-refractivity contribution in [2.75, 3.05) is 46.8 Å². The molecule has 5 nitrogen and oxygen atoms in total.